The summed E-state index contributed by atoms with van der Waals surface area (Å²) in [5.41, 5.74) is 1.44. The number of hydrogen-bond donors (Lipinski definition) is 0. The third-order valence-electron chi connectivity index (χ3n) is 2.10. The summed E-state index contributed by atoms with van der Waals surface area (Å²) in [6.07, 6.45) is 5.15. The molecule has 1 saturated heterocycles. The Balaban J connectivity index is 1.95. The van der Waals surface area contributed by atoms with E-state index in [1.807, 2.05) is 6.21 Å². The summed E-state index contributed by atoms with van der Waals surface area (Å²) in [5.74, 6) is 0. The highest BCUT2D eigenvalue weighted by molar-refractivity contribution is 5.73. The molecule has 3 nitrogen and oxygen atoms in total. The molecule has 0 aliphatic carbocycles. The molecule has 2 heterocycles. The van der Waals surface area contributed by atoms with Gasteiger partial charge in [0.1, 0.15) is 0 Å². The SMILES string of the molecule is CN1CN(C2=CC=NCC2)C1. The van der Waals surface area contributed by atoms with Gasteiger partial charge in [0.2, 0.25) is 0 Å². The Labute approximate surface area is 67.0 Å². The minimum atomic E-state index is 0.964. The van der Waals surface area contributed by atoms with Crippen LogP contribution in [0.4, 0.5) is 0 Å². The maximum atomic E-state index is 4.15. The molecule has 0 aromatic heterocycles. The van der Waals surface area contributed by atoms with Crippen molar-refractivity contribution < 1.29 is 0 Å². The van der Waals surface area contributed by atoms with Gasteiger partial charge in [0.05, 0.1) is 13.3 Å². The maximum Gasteiger partial charge on any atom is 0.0728 e. The van der Waals surface area contributed by atoms with Gasteiger partial charge in [0, 0.05) is 24.9 Å². The maximum absolute atomic E-state index is 4.15. The number of nitrogens with zero attached hydrogens (tertiary/aromatic N) is 3. The molecule has 0 saturated carbocycles. The molecule has 2 rings (SSSR count). The molecule has 0 bridgehead atoms. The molecule has 11 heavy (non-hydrogen) atoms. The van der Waals surface area contributed by atoms with Crippen LogP contribution in [0.5, 0.6) is 0 Å². The van der Waals surface area contributed by atoms with Crippen LogP contribution in [0, 0.1) is 0 Å². The zero-order valence-electron chi connectivity index (χ0n) is 6.82. The Morgan fingerprint density at radius 3 is 2.82 bits per heavy atom. The third-order valence-corrected chi connectivity index (χ3v) is 2.10. The van der Waals surface area contributed by atoms with Crippen LogP contribution in [0.2, 0.25) is 0 Å². The molecular weight excluding hydrogens is 138 g/mol. The second-order valence-electron chi connectivity index (χ2n) is 3.14. The van der Waals surface area contributed by atoms with E-state index in [0.717, 1.165) is 26.3 Å². The van der Waals surface area contributed by atoms with Crippen molar-refractivity contribution >= 4 is 6.21 Å². The van der Waals surface area contributed by atoms with Crippen LogP contribution in [0.25, 0.3) is 0 Å². The van der Waals surface area contributed by atoms with Crippen LogP contribution < -0.4 is 0 Å². The van der Waals surface area contributed by atoms with E-state index in [1.54, 1.807) is 0 Å². The van der Waals surface area contributed by atoms with Crippen molar-refractivity contribution in [3.8, 4) is 0 Å². The minimum Gasteiger partial charge on any atom is -0.349 e. The van der Waals surface area contributed by atoms with Crippen molar-refractivity contribution in [3.05, 3.63) is 11.8 Å². The summed E-state index contributed by atoms with van der Waals surface area (Å²) < 4.78 is 0. The van der Waals surface area contributed by atoms with E-state index in [4.69, 9.17) is 0 Å². The highest BCUT2D eigenvalue weighted by Crippen LogP contribution is 2.17. The molecule has 0 amide bonds. The van der Waals surface area contributed by atoms with Crippen molar-refractivity contribution in [2.45, 2.75) is 6.42 Å². The van der Waals surface area contributed by atoms with Gasteiger partial charge in [-0.2, -0.15) is 0 Å². The lowest BCUT2D eigenvalue weighted by atomic mass is 10.2. The van der Waals surface area contributed by atoms with E-state index in [-0.39, 0.29) is 0 Å². The van der Waals surface area contributed by atoms with Gasteiger partial charge in [-0.05, 0) is 13.1 Å². The van der Waals surface area contributed by atoms with E-state index in [9.17, 15) is 0 Å². The fraction of sp³-hybridized carbons (Fsp3) is 0.625. The predicted molar refractivity (Wildman–Crippen MR) is 45.4 cm³/mol. The smallest absolute Gasteiger partial charge is 0.0728 e. The lowest BCUT2D eigenvalue weighted by Crippen LogP contribution is -2.52. The first-order chi connectivity index (χ1) is 5.36. The average Bonchev–Trinajstić information content (AvgIpc) is 2.01. The Bertz CT molecular complexity index is 201. The highest BCUT2D eigenvalue weighted by Gasteiger charge is 2.21. The van der Waals surface area contributed by atoms with Crippen LogP contribution in [0.1, 0.15) is 6.42 Å². The average molecular weight is 151 g/mol. The Kier molecular flexibility index (Phi) is 1.66. The van der Waals surface area contributed by atoms with Crippen LogP contribution in [-0.2, 0) is 0 Å². The fourth-order valence-corrected chi connectivity index (χ4v) is 1.46. The number of dihydropyridines is 1. The first-order valence-corrected chi connectivity index (χ1v) is 3.99. The summed E-state index contributed by atoms with van der Waals surface area (Å²) in [4.78, 5) is 8.81. The van der Waals surface area contributed by atoms with Gasteiger partial charge in [-0.1, -0.05) is 0 Å². The van der Waals surface area contributed by atoms with Crippen LogP contribution in [0.15, 0.2) is 16.8 Å². The number of aliphatic imine (C=N–C) groups is 1. The monoisotopic (exact) mass is 151 g/mol. The first-order valence-electron chi connectivity index (χ1n) is 3.99. The molecule has 0 N–H and O–H groups in total. The lowest BCUT2D eigenvalue weighted by molar-refractivity contribution is 0.0193. The van der Waals surface area contributed by atoms with Gasteiger partial charge in [0.15, 0.2) is 0 Å². The molecule has 0 aromatic rings. The largest absolute Gasteiger partial charge is 0.349 e. The molecule has 1 fully saturated rings. The van der Waals surface area contributed by atoms with E-state index < -0.39 is 0 Å². The zero-order chi connectivity index (χ0) is 7.68. The highest BCUT2D eigenvalue weighted by atomic mass is 15.5. The number of hydrogen-bond acceptors (Lipinski definition) is 3. The number of rotatable bonds is 1. The summed E-state index contributed by atoms with van der Waals surface area (Å²) in [6.45, 7) is 3.13. The normalized spacial score (nSPS) is 24.8. The Morgan fingerprint density at radius 2 is 2.27 bits per heavy atom. The van der Waals surface area contributed by atoms with Gasteiger partial charge in [0.25, 0.3) is 0 Å². The quantitative estimate of drug-likeness (QED) is 0.543. The van der Waals surface area contributed by atoms with E-state index in [2.05, 4.69) is 27.9 Å². The van der Waals surface area contributed by atoms with Gasteiger partial charge in [-0.25, -0.2) is 0 Å². The summed E-state index contributed by atoms with van der Waals surface area (Å²) >= 11 is 0. The van der Waals surface area contributed by atoms with E-state index in [1.165, 1.54) is 5.70 Å². The Morgan fingerprint density at radius 1 is 1.45 bits per heavy atom. The van der Waals surface area contributed by atoms with Crippen LogP contribution in [-0.4, -0.2) is 42.9 Å². The van der Waals surface area contributed by atoms with E-state index in [0.29, 0.717) is 0 Å². The van der Waals surface area contributed by atoms with Crippen molar-refractivity contribution in [2.75, 3.05) is 26.9 Å². The second-order valence-corrected chi connectivity index (χ2v) is 3.14. The molecule has 3 heteroatoms. The number of allylic oxidation sites excluding steroid dienone is 1. The van der Waals surface area contributed by atoms with E-state index >= 15 is 0 Å². The molecule has 0 unspecified atom stereocenters. The van der Waals surface area contributed by atoms with Crippen molar-refractivity contribution in [1.29, 1.82) is 0 Å². The summed E-state index contributed by atoms with van der Waals surface area (Å²) in [6, 6.07) is 0. The van der Waals surface area contributed by atoms with Gasteiger partial charge in [-0.15, -0.1) is 0 Å². The topological polar surface area (TPSA) is 18.8 Å². The second kappa shape index (κ2) is 2.66. The van der Waals surface area contributed by atoms with Crippen molar-refractivity contribution in [2.24, 2.45) is 4.99 Å². The van der Waals surface area contributed by atoms with Crippen molar-refractivity contribution in [1.82, 2.24) is 9.80 Å². The Hall–Kier alpha value is -0.830. The zero-order valence-corrected chi connectivity index (χ0v) is 6.82. The fourth-order valence-electron chi connectivity index (χ4n) is 1.46. The van der Waals surface area contributed by atoms with Crippen molar-refractivity contribution in [3.63, 3.8) is 0 Å². The standard InChI is InChI=1S/C8H13N3/c1-10-6-11(7-10)8-2-4-9-5-3-8/h2,4H,3,5-7H2,1H3. The van der Waals surface area contributed by atoms with Gasteiger partial charge < -0.3 is 4.90 Å². The summed E-state index contributed by atoms with van der Waals surface area (Å²) in [7, 11) is 2.13. The van der Waals surface area contributed by atoms with Gasteiger partial charge >= 0.3 is 0 Å². The predicted octanol–water partition coefficient (Wildman–Crippen LogP) is 0.507. The molecule has 0 aromatic carbocycles. The first kappa shape index (κ1) is 6.85. The van der Waals surface area contributed by atoms with Crippen LogP contribution >= 0.6 is 0 Å². The molecule has 0 spiro atoms. The molecule has 0 radical (unpaired) electrons. The molecule has 60 valence electrons. The molecule has 2 aliphatic heterocycles. The third kappa shape index (κ3) is 1.28. The lowest BCUT2D eigenvalue weighted by Gasteiger charge is -2.43. The van der Waals surface area contributed by atoms with Gasteiger partial charge in [-0.3, -0.25) is 9.89 Å². The summed E-state index contributed by atoms with van der Waals surface area (Å²) in [5, 5.41) is 0. The minimum absolute atomic E-state index is 0.964. The molecule has 0 atom stereocenters. The molecular formula is C8H13N3. The van der Waals surface area contributed by atoms with Crippen LogP contribution in [0.3, 0.4) is 0 Å². The molecule has 2 aliphatic rings.